The van der Waals surface area contributed by atoms with Gasteiger partial charge in [-0.15, -0.1) is 0 Å². The molecule has 1 N–H and O–H groups in total. The number of likely N-dealkylation sites (tertiary alicyclic amines) is 1. The number of ether oxygens (including phenoxy) is 2. The van der Waals surface area contributed by atoms with Gasteiger partial charge in [0.1, 0.15) is 11.9 Å². The molecular formula is C28H32N4O4. The average Bonchev–Trinajstić information content (AvgIpc) is 3.36. The van der Waals surface area contributed by atoms with Gasteiger partial charge in [0.05, 0.1) is 32.3 Å². The molecular weight excluding hydrogens is 456 g/mol. The van der Waals surface area contributed by atoms with E-state index in [9.17, 15) is 9.59 Å². The third-order valence-corrected chi connectivity index (χ3v) is 7.13. The number of carbonyl (C=O) groups excluding carboxylic acids is 2. The van der Waals surface area contributed by atoms with E-state index in [1.165, 1.54) is 5.56 Å². The number of carbonyl (C=O) groups is 2. The molecule has 2 aliphatic heterocycles. The summed E-state index contributed by atoms with van der Waals surface area (Å²) in [6, 6.07) is 18.0. The van der Waals surface area contributed by atoms with Crippen molar-refractivity contribution in [1.82, 2.24) is 19.8 Å². The van der Waals surface area contributed by atoms with Gasteiger partial charge >= 0.3 is 0 Å². The highest BCUT2D eigenvalue weighted by Crippen LogP contribution is 2.30. The highest BCUT2D eigenvalue weighted by molar-refractivity contribution is 5.93. The van der Waals surface area contributed by atoms with Crippen molar-refractivity contribution >= 4 is 11.8 Å². The van der Waals surface area contributed by atoms with E-state index in [0.717, 1.165) is 23.4 Å². The Bertz CT molecular complexity index is 1180. The van der Waals surface area contributed by atoms with E-state index >= 15 is 0 Å². The third kappa shape index (κ3) is 5.28. The van der Waals surface area contributed by atoms with E-state index in [1.54, 1.807) is 13.4 Å². The minimum absolute atomic E-state index is 0.0608. The minimum Gasteiger partial charge on any atom is -0.497 e. The topological polar surface area (TPSA) is 85.7 Å². The third-order valence-electron chi connectivity index (χ3n) is 7.13. The fraction of sp³-hybridized carbons (Fsp3) is 0.393. The van der Waals surface area contributed by atoms with Gasteiger partial charge in [0, 0.05) is 25.6 Å². The van der Waals surface area contributed by atoms with Crippen molar-refractivity contribution in [1.29, 1.82) is 0 Å². The number of methoxy groups -OCH3 is 1. The molecule has 1 aromatic heterocycles. The molecule has 36 heavy (non-hydrogen) atoms. The summed E-state index contributed by atoms with van der Waals surface area (Å²) >= 11 is 0. The number of nitrogens with zero attached hydrogens (tertiary/aromatic N) is 3. The Labute approximate surface area is 211 Å². The quantitative estimate of drug-likeness (QED) is 0.551. The molecule has 188 valence electrons. The Balaban J connectivity index is 1.12. The van der Waals surface area contributed by atoms with Crippen LogP contribution in [0, 0.1) is 5.92 Å². The Morgan fingerprint density at radius 1 is 1.08 bits per heavy atom. The van der Waals surface area contributed by atoms with Crippen LogP contribution in [0.1, 0.15) is 46.3 Å². The highest BCUT2D eigenvalue weighted by Gasteiger charge is 2.32. The standard InChI is InChI=1S/C28H32N4O4/c1-35-23-9-7-21(8-10-23)25-17-32-19-30-26(24(32)18-36-25)28(34)31-15-12-22(13-16-31)27(33)29-14-11-20-5-3-2-4-6-20/h2-10,19,22,25H,11-18H2,1H3,(H,29,33)/t25-/m0/s1. The molecule has 3 aromatic rings. The zero-order chi connectivity index (χ0) is 24.9. The summed E-state index contributed by atoms with van der Waals surface area (Å²) in [6.07, 6.45) is 3.77. The van der Waals surface area contributed by atoms with Gasteiger partial charge in [-0.25, -0.2) is 4.98 Å². The lowest BCUT2D eigenvalue weighted by Crippen LogP contribution is -2.43. The summed E-state index contributed by atoms with van der Waals surface area (Å²) in [7, 11) is 1.65. The molecule has 0 unspecified atom stereocenters. The van der Waals surface area contributed by atoms with Gasteiger partial charge in [-0.3, -0.25) is 9.59 Å². The number of piperidine rings is 1. The second-order valence-electron chi connectivity index (χ2n) is 9.36. The molecule has 1 fully saturated rings. The second kappa shape index (κ2) is 11.0. The van der Waals surface area contributed by atoms with Gasteiger partial charge in [0.25, 0.3) is 5.91 Å². The van der Waals surface area contributed by atoms with E-state index < -0.39 is 0 Å². The van der Waals surface area contributed by atoms with Crippen LogP contribution in [0.15, 0.2) is 60.9 Å². The maximum absolute atomic E-state index is 13.2. The van der Waals surface area contributed by atoms with Crippen molar-refractivity contribution in [2.24, 2.45) is 5.92 Å². The molecule has 2 aromatic carbocycles. The zero-order valence-corrected chi connectivity index (χ0v) is 20.6. The van der Waals surface area contributed by atoms with Crippen LogP contribution in [0.4, 0.5) is 0 Å². The van der Waals surface area contributed by atoms with Gasteiger partial charge in [0.15, 0.2) is 5.69 Å². The maximum atomic E-state index is 13.2. The van der Waals surface area contributed by atoms with Crippen LogP contribution in [-0.4, -0.2) is 53.0 Å². The first-order valence-corrected chi connectivity index (χ1v) is 12.5. The van der Waals surface area contributed by atoms with E-state index in [-0.39, 0.29) is 23.8 Å². The number of rotatable bonds is 7. The van der Waals surface area contributed by atoms with Crippen LogP contribution in [0.5, 0.6) is 5.75 Å². The maximum Gasteiger partial charge on any atom is 0.274 e. The van der Waals surface area contributed by atoms with E-state index in [0.29, 0.717) is 51.3 Å². The average molecular weight is 489 g/mol. The highest BCUT2D eigenvalue weighted by atomic mass is 16.5. The van der Waals surface area contributed by atoms with Crippen molar-refractivity contribution in [3.8, 4) is 5.75 Å². The van der Waals surface area contributed by atoms with Crippen LogP contribution in [0.2, 0.25) is 0 Å². The normalized spacial score (nSPS) is 17.9. The molecule has 1 atom stereocenters. The van der Waals surface area contributed by atoms with Gasteiger partial charge in [-0.1, -0.05) is 42.5 Å². The van der Waals surface area contributed by atoms with Crippen LogP contribution in [0.25, 0.3) is 0 Å². The molecule has 0 spiro atoms. The summed E-state index contributed by atoms with van der Waals surface area (Å²) in [5.74, 6) is 0.738. The summed E-state index contributed by atoms with van der Waals surface area (Å²) < 4.78 is 13.3. The van der Waals surface area contributed by atoms with Crippen molar-refractivity contribution in [3.05, 3.63) is 83.4 Å². The number of nitrogens with one attached hydrogen (secondary N) is 1. The molecule has 3 heterocycles. The Morgan fingerprint density at radius 3 is 2.56 bits per heavy atom. The minimum atomic E-state index is -0.100. The number of amides is 2. The summed E-state index contributed by atoms with van der Waals surface area (Å²) in [6.45, 7) is 2.67. The van der Waals surface area contributed by atoms with Crippen LogP contribution in [0.3, 0.4) is 0 Å². The summed E-state index contributed by atoms with van der Waals surface area (Å²) in [4.78, 5) is 32.1. The number of aromatic nitrogens is 2. The molecule has 2 amide bonds. The first-order valence-electron chi connectivity index (χ1n) is 12.5. The molecule has 2 aliphatic rings. The lowest BCUT2D eigenvalue weighted by atomic mass is 9.95. The summed E-state index contributed by atoms with van der Waals surface area (Å²) in [5, 5.41) is 3.06. The Hall–Kier alpha value is -3.65. The van der Waals surface area contributed by atoms with Crippen molar-refractivity contribution in [2.45, 2.75) is 38.5 Å². The Morgan fingerprint density at radius 2 is 1.83 bits per heavy atom. The van der Waals surface area contributed by atoms with Gasteiger partial charge in [-0.05, 0) is 42.5 Å². The number of fused-ring (bicyclic) bond motifs is 1. The lowest BCUT2D eigenvalue weighted by Gasteiger charge is -2.31. The van der Waals surface area contributed by atoms with E-state index in [2.05, 4.69) is 22.4 Å². The first-order chi connectivity index (χ1) is 17.6. The SMILES string of the molecule is COc1ccc([C@@H]2Cn3cnc(C(=O)N4CCC(C(=O)NCCc5ccccc5)CC4)c3CO2)cc1. The summed E-state index contributed by atoms with van der Waals surface area (Å²) in [5.41, 5.74) is 3.53. The fourth-order valence-corrected chi connectivity index (χ4v) is 4.94. The molecule has 8 heteroatoms. The molecule has 8 nitrogen and oxygen atoms in total. The van der Waals surface area contributed by atoms with Gasteiger partial charge < -0.3 is 24.3 Å². The predicted molar refractivity (Wildman–Crippen MR) is 135 cm³/mol. The molecule has 0 saturated carbocycles. The van der Waals surface area contributed by atoms with Crippen molar-refractivity contribution in [3.63, 3.8) is 0 Å². The zero-order valence-electron chi connectivity index (χ0n) is 20.6. The van der Waals surface area contributed by atoms with Crippen molar-refractivity contribution < 1.29 is 19.1 Å². The number of hydrogen-bond acceptors (Lipinski definition) is 5. The van der Waals surface area contributed by atoms with Gasteiger partial charge in [-0.2, -0.15) is 0 Å². The predicted octanol–water partition coefficient (Wildman–Crippen LogP) is 3.37. The van der Waals surface area contributed by atoms with E-state index in [4.69, 9.17) is 9.47 Å². The smallest absolute Gasteiger partial charge is 0.274 e. The Kier molecular flexibility index (Phi) is 7.32. The van der Waals surface area contributed by atoms with E-state index in [1.807, 2.05) is 51.9 Å². The molecule has 0 aliphatic carbocycles. The fourth-order valence-electron chi connectivity index (χ4n) is 4.94. The molecule has 0 bridgehead atoms. The molecule has 5 rings (SSSR count). The largest absolute Gasteiger partial charge is 0.497 e. The van der Waals surface area contributed by atoms with Crippen LogP contribution < -0.4 is 10.1 Å². The number of hydrogen-bond donors (Lipinski definition) is 1. The second-order valence-corrected chi connectivity index (χ2v) is 9.36. The molecule has 1 saturated heterocycles. The van der Waals surface area contributed by atoms with Crippen LogP contribution in [-0.2, 0) is 29.1 Å². The number of imidazole rings is 1. The number of benzene rings is 2. The first kappa shape index (κ1) is 24.1. The lowest BCUT2D eigenvalue weighted by molar-refractivity contribution is -0.126. The molecule has 0 radical (unpaired) electrons. The van der Waals surface area contributed by atoms with Crippen LogP contribution >= 0.6 is 0 Å². The van der Waals surface area contributed by atoms with Gasteiger partial charge in [0.2, 0.25) is 5.91 Å². The van der Waals surface area contributed by atoms with Crippen molar-refractivity contribution in [2.75, 3.05) is 26.7 Å². The monoisotopic (exact) mass is 488 g/mol.